The van der Waals surface area contributed by atoms with Crippen molar-refractivity contribution in [3.8, 4) is 0 Å². The molecule has 156 valence electrons. The first-order valence-electron chi connectivity index (χ1n) is 9.54. The molecule has 0 aliphatic rings. The van der Waals surface area contributed by atoms with Gasteiger partial charge < -0.3 is 10.6 Å². The van der Waals surface area contributed by atoms with Gasteiger partial charge in [-0.3, -0.25) is 9.78 Å². The number of rotatable bonds is 5. The fraction of sp³-hybridized carbons (Fsp3) is 0.0833. The lowest BCUT2D eigenvalue weighted by Crippen LogP contribution is -2.27. The molecule has 7 heteroatoms. The smallest absolute Gasteiger partial charge is 0.370 e. The van der Waals surface area contributed by atoms with Crippen molar-refractivity contribution >= 4 is 28.1 Å². The number of halogens is 3. The second-order valence-corrected chi connectivity index (χ2v) is 6.95. The monoisotopic (exact) mass is 421 g/mol. The third-order valence-electron chi connectivity index (χ3n) is 4.86. The molecule has 0 radical (unpaired) electrons. The van der Waals surface area contributed by atoms with Crippen LogP contribution in [0.25, 0.3) is 10.8 Å². The number of carbonyl (C=O) groups excluding carboxylic acids is 1. The van der Waals surface area contributed by atoms with E-state index in [-0.39, 0.29) is 0 Å². The van der Waals surface area contributed by atoms with Crippen molar-refractivity contribution < 1.29 is 18.0 Å². The maximum Gasteiger partial charge on any atom is 0.416 e. The van der Waals surface area contributed by atoms with Crippen LogP contribution in [-0.2, 0) is 11.0 Å². The van der Waals surface area contributed by atoms with E-state index in [1.54, 1.807) is 42.7 Å². The van der Waals surface area contributed by atoms with Gasteiger partial charge in [-0.2, -0.15) is 13.2 Å². The Balaban J connectivity index is 1.67. The summed E-state index contributed by atoms with van der Waals surface area (Å²) in [6.07, 6.45) is -1.12. The molecule has 31 heavy (non-hydrogen) atoms. The Bertz CT molecular complexity index is 1190. The second-order valence-electron chi connectivity index (χ2n) is 6.95. The SMILES string of the molecule is O=C(Nc1cccc2cnccc12)[C@@H](Nc1ccccc1)c1ccc(C(F)(F)F)cc1. The van der Waals surface area contributed by atoms with E-state index in [1.165, 1.54) is 12.1 Å². The standard InChI is InChI=1S/C24H18F3N3O/c25-24(26,27)18-11-9-16(10-12-18)22(29-19-6-2-1-3-7-19)23(31)30-21-8-4-5-17-15-28-14-13-20(17)21/h1-15,22,29H,(H,30,31)/t22-/m0/s1. The minimum Gasteiger partial charge on any atom is -0.370 e. The Hall–Kier alpha value is -3.87. The van der Waals surface area contributed by atoms with Crippen LogP contribution in [0.3, 0.4) is 0 Å². The molecule has 0 fully saturated rings. The van der Waals surface area contributed by atoms with Crippen molar-refractivity contribution in [2.45, 2.75) is 12.2 Å². The largest absolute Gasteiger partial charge is 0.416 e. The van der Waals surface area contributed by atoms with Gasteiger partial charge in [0.05, 0.1) is 5.56 Å². The molecule has 0 spiro atoms. The summed E-state index contributed by atoms with van der Waals surface area (Å²) in [4.78, 5) is 17.3. The summed E-state index contributed by atoms with van der Waals surface area (Å²) >= 11 is 0. The van der Waals surface area contributed by atoms with E-state index in [0.29, 0.717) is 16.9 Å². The fourth-order valence-electron chi connectivity index (χ4n) is 3.30. The predicted molar refractivity (Wildman–Crippen MR) is 115 cm³/mol. The minimum absolute atomic E-state index is 0.395. The number of para-hydroxylation sites is 1. The highest BCUT2D eigenvalue weighted by Gasteiger charge is 2.31. The van der Waals surface area contributed by atoms with Crippen molar-refractivity contribution in [3.05, 3.63) is 102 Å². The van der Waals surface area contributed by atoms with Gasteiger partial charge in [-0.05, 0) is 42.0 Å². The Morgan fingerprint density at radius 1 is 0.871 bits per heavy atom. The summed E-state index contributed by atoms with van der Waals surface area (Å²) in [6, 6.07) is 20.0. The molecule has 2 N–H and O–H groups in total. The predicted octanol–water partition coefficient (Wildman–Crippen LogP) is 6.05. The molecule has 4 rings (SSSR count). The van der Waals surface area contributed by atoms with Gasteiger partial charge in [-0.25, -0.2) is 0 Å². The summed E-state index contributed by atoms with van der Waals surface area (Å²) in [6.45, 7) is 0. The first kappa shape index (κ1) is 20.4. The summed E-state index contributed by atoms with van der Waals surface area (Å²) in [5.74, 6) is -0.395. The summed E-state index contributed by atoms with van der Waals surface area (Å²) < 4.78 is 38.9. The van der Waals surface area contributed by atoms with Gasteiger partial charge in [-0.1, -0.05) is 42.5 Å². The molecule has 3 aromatic carbocycles. The van der Waals surface area contributed by atoms with E-state index in [9.17, 15) is 18.0 Å². The molecule has 0 aliphatic carbocycles. The summed E-state index contributed by atoms with van der Waals surface area (Å²) in [5, 5.41) is 7.69. The molecule has 0 unspecified atom stereocenters. The number of hydrogen-bond donors (Lipinski definition) is 2. The number of pyridine rings is 1. The van der Waals surface area contributed by atoms with Crippen molar-refractivity contribution in [2.24, 2.45) is 0 Å². The van der Waals surface area contributed by atoms with E-state index >= 15 is 0 Å². The van der Waals surface area contributed by atoms with E-state index in [0.717, 1.165) is 22.9 Å². The number of alkyl halides is 3. The first-order chi connectivity index (χ1) is 14.9. The Labute approximate surface area is 176 Å². The molecular formula is C24H18F3N3O. The fourth-order valence-corrected chi connectivity index (χ4v) is 3.30. The lowest BCUT2D eigenvalue weighted by molar-refractivity contribution is -0.137. The van der Waals surface area contributed by atoms with E-state index < -0.39 is 23.7 Å². The van der Waals surface area contributed by atoms with Gasteiger partial charge in [0.15, 0.2) is 0 Å². The zero-order valence-corrected chi connectivity index (χ0v) is 16.2. The maximum atomic E-state index is 13.2. The van der Waals surface area contributed by atoms with Crippen LogP contribution in [0.15, 0.2) is 91.3 Å². The lowest BCUT2D eigenvalue weighted by Gasteiger charge is -2.21. The summed E-state index contributed by atoms with van der Waals surface area (Å²) in [5.41, 5.74) is 0.911. The Kier molecular flexibility index (Phi) is 5.58. The highest BCUT2D eigenvalue weighted by Crippen LogP contribution is 2.31. The molecule has 0 saturated heterocycles. The molecular weight excluding hydrogens is 403 g/mol. The maximum absolute atomic E-state index is 13.2. The average molecular weight is 421 g/mol. The average Bonchev–Trinajstić information content (AvgIpc) is 2.78. The quantitative estimate of drug-likeness (QED) is 0.413. The number of nitrogens with one attached hydrogen (secondary N) is 2. The van der Waals surface area contributed by atoms with Crippen LogP contribution in [-0.4, -0.2) is 10.9 Å². The van der Waals surface area contributed by atoms with Gasteiger partial charge >= 0.3 is 6.18 Å². The van der Waals surface area contributed by atoms with Crippen LogP contribution >= 0.6 is 0 Å². The first-order valence-corrected chi connectivity index (χ1v) is 9.54. The second kappa shape index (κ2) is 8.47. The number of hydrogen-bond acceptors (Lipinski definition) is 3. The van der Waals surface area contributed by atoms with Crippen LogP contribution in [0.1, 0.15) is 17.2 Å². The van der Waals surface area contributed by atoms with Crippen molar-refractivity contribution in [1.29, 1.82) is 0 Å². The van der Waals surface area contributed by atoms with Crippen LogP contribution in [0.5, 0.6) is 0 Å². The van der Waals surface area contributed by atoms with E-state index in [4.69, 9.17) is 0 Å². The molecule has 1 heterocycles. The number of benzene rings is 3. The van der Waals surface area contributed by atoms with Gasteiger partial charge in [0.1, 0.15) is 6.04 Å². The minimum atomic E-state index is -4.44. The number of fused-ring (bicyclic) bond motifs is 1. The molecule has 1 amide bonds. The number of anilines is 2. The van der Waals surface area contributed by atoms with Crippen molar-refractivity contribution in [3.63, 3.8) is 0 Å². The van der Waals surface area contributed by atoms with Gasteiger partial charge in [0.2, 0.25) is 0 Å². The number of carbonyl (C=O) groups is 1. The number of nitrogens with zero attached hydrogens (tertiary/aromatic N) is 1. The molecule has 0 saturated carbocycles. The molecule has 1 atom stereocenters. The zero-order chi connectivity index (χ0) is 21.8. The normalized spacial score (nSPS) is 12.4. The molecule has 0 bridgehead atoms. The lowest BCUT2D eigenvalue weighted by atomic mass is 10.0. The Morgan fingerprint density at radius 3 is 2.32 bits per heavy atom. The third-order valence-corrected chi connectivity index (χ3v) is 4.86. The van der Waals surface area contributed by atoms with Gasteiger partial charge in [0.25, 0.3) is 5.91 Å². The van der Waals surface area contributed by atoms with Crippen LogP contribution in [0, 0.1) is 0 Å². The van der Waals surface area contributed by atoms with Crippen LogP contribution in [0.4, 0.5) is 24.5 Å². The highest BCUT2D eigenvalue weighted by atomic mass is 19.4. The molecule has 4 nitrogen and oxygen atoms in total. The van der Waals surface area contributed by atoms with Crippen LogP contribution < -0.4 is 10.6 Å². The van der Waals surface area contributed by atoms with Crippen molar-refractivity contribution in [1.82, 2.24) is 4.98 Å². The number of aromatic nitrogens is 1. The van der Waals surface area contributed by atoms with Gasteiger partial charge in [0, 0.05) is 34.5 Å². The number of amides is 1. The van der Waals surface area contributed by atoms with E-state index in [2.05, 4.69) is 15.6 Å². The topological polar surface area (TPSA) is 54.0 Å². The molecule has 1 aromatic heterocycles. The van der Waals surface area contributed by atoms with Crippen LogP contribution in [0.2, 0.25) is 0 Å². The molecule has 0 aliphatic heterocycles. The van der Waals surface area contributed by atoms with Gasteiger partial charge in [-0.15, -0.1) is 0 Å². The van der Waals surface area contributed by atoms with E-state index in [1.807, 2.05) is 24.3 Å². The molecule has 4 aromatic rings. The summed E-state index contributed by atoms with van der Waals surface area (Å²) in [7, 11) is 0. The zero-order valence-electron chi connectivity index (χ0n) is 16.2. The Morgan fingerprint density at radius 2 is 1.61 bits per heavy atom. The highest BCUT2D eigenvalue weighted by molar-refractivity contribution is 6.04. The third kappa shape index (κ3) is 4.66. The van der Waals surface area contributed by atoms with Crippen molar-refractivity contribution in [2.75, 3.05) is 10.6 Å².